The van der Waals surface area contributed by atoms with E-state index in [0.29, 0.717) is 5.75 Å². The van der Waals surface area contributed by atoms with E-state index in [1.807, 2.05) is 11.4 Å². The van der Waals surface area contributed by atoms with E-state index in [1.165, 1.54) is 11.8 Å². The van der Waals surface area contributed by atoms with Crippen LogP contribution in [0.1, 0.15) is 6.42 Å². The number of phenolic OH excluding ortho intramolecular Hbond substituents is 1. The van der Waals surface area contributed by atoms with E-state index in [2.05, 4.69) is 0 Å². The highest BCUT2D eigenvalue weighted by Gasteiger charge is 2.04. The van der Waals surface area contributed by atoms with Gasteiger partial charge < -0.3 is 10.8 Å². The number of hydrogen-bond donors (Lipinski definition) is 3. The number of nitrogens with one attached hydrogen (secondary N) is 1. The van der Waals surface area contributed by atoms with Crippen LogP contribution in [0.5, 0.6) is 5.75 Å². The number of benzene rings is 1. The number of aromatic hydroxyl groups is 1. The van der Waals surface area contributed by atoms with E-state index in [-0.39, 0.29) is 12.2 Å². The third kappa shape index (κ3) is 4.70. The average Bonchev–Trinajstić information content (AvgIpc) is 2.16. The molecule has 16 heavy (non-hydrogen) atoms. The smallest absolute Gasteiger partial charge is 0.318 e. The van der Waals surface area contributed by atoms with Crippen LogP contribution in [0.4, 0.5) is 4.79 Å². The van der Waals surface area contributed by atoms with Crippen LogP contribution < -0.4 is 11.1 Å². The number of thioether (sulfide) groups is 1. The van der Waals surface area contributed by atoms with Crippen LogP contribution in [0.15, 0.2) is 29.2 Å². The molecule has 0 saturated carbocycles. The van der Waals surface area contributed by atoms with Crippen LogP contribution in [0.2, 0.25) is 0 Å². The zero-order valence-electron chi connectivity index (χ0n) is 8.47. The second-order valence-corrected chi connectivity index (χ2v) is 4.18. The zero-order chi connectivity index (χ0) is 12.0. The van der Waals surface area contributed by atoms with Gasteiger partial charge in [0.25, 0.3) is 0 Å². The van der Waals surface area contributed by atoms with Gasteiger partial charge in [0.15, 0.2) is 0 Å². The van der Waals surface area contributed by atoms with Crippen LogP contribution >= 0.6 is 11.8 Å². The fourth-order valence-electron chi connectivity index (χ4n) is 1.03. The molecule has 1 aromatic rings. The van der Waals surface area contributed by atoms with Crippen molar-refractivity contribution in [2.75, 3.05) is 5.75 Å². The molecule has 1 rings (SSSR count). The maximum absolute atomic E-state index is 11.0. The molecule has 5 nitrogen and oxygen atoms in total. The molecular formula is C10H12N2O3S. The summed E-state index contributed by atoms with van der Waals surface area (Å²) in [5, 5.41) is 11.2. The predicted octanol–water partition coefficient (Wildman–Crippen LogP) is 1.07. The van der Waals surface area contributed by atoms with Gasteiger partial charge in [-0.15, -0.1) is 11.8 Å². The van der Waals surface area contributed by atoms with E-state index in [4.69, 9.17) is 5.73 Å². The fraction of sp³-hybridized carbons (Fsp3) is 0.200. The molecule has 6 heteroatoms. The van der Waals surface area contributed by atoms with E-state index in [1.54, 1.807) is 18.2 Å². The maximum Gasteiger partial charge on any atom is 0.318 e. The second kappa shape index (κ2) is 6.02. The van der Waals surface area contributed by atoms with Gasteiger partial charge in [0, 0.05) is 17.1 Å². The molecule has 0 fully saturated rings. The van der Waals surface area contributed by atoms with Crippen LogP contribution in [-0.4, -0.2) is 22.8 Å². The van der Waals surface area contributed by atoms with Gasteiger partial charge in [0.05, 0.1) is 0 Å². The van der Waals surface area contributed by atoms with Crippen molar-refractivity contribution in [3.8, 4) is 5.75 Å². The summed E-state index contributed by atoms with van der Waals surface area (Å²) < 4.78 is 0. The SMILES string of the molecule is NC(=O)NC(=O)CCSc1cccc(O)c1. The number of primary amides is 1. The van der Waals surface area contributed by atoms with Crippen molar-refractivity contribution in [2.24, 2.45) is 5.73 Å². The lowest BCUT2D eigenvalue weighted by Crippen LogP contribution is -2.35. The molecule has 0 aliphatic rings. The summed E-state index contributed by atoms with van der Waals surface area (Å²) in [7, 11) is 0. The standard InChI is InChI=1S/C10H12N2O3S/c11-10(15)12-9(14)4-5-16-8-3-1-2-7(13)6-8/h1-3,6,13H,4-5H2,(H3,11,12,14,15). The Hall–Kier alpha value is -1.69. The van der Waals surface area contributed by atoms with Crippen LogP contribution in [0.25, 0.3) is 0 Å². The van der Waals surface area contributed by atoms with Crippen molar-refractivity contribution in [1.29, 1.82) is 0 Å². The Morgan fingerprint density at radius 2 is 2.19 bits per heavy atom. The number of carbonyl (C=O) groups is 2. The van der Waals surface area contributed by atoms with Crippen molar-refractivity contribution in [3.63, 3.8) is 0 Å². The van der Waals surface area contributed by atoms with Gasteiger partial charge in [-0.25, -0.2) is 4.79 Å². The molecule has 0 atom stereocenters. The van der Waals surface area contributed by atoms with Crippen LogP contribution in [-0.2, 0) is 4.79 Å². The highest BCUT2D eigenvalue weighted by atomic mass is 32.2. The van der Waals surface area contributed by atoms with Crippen molar-refractivity contribution in [3.05, 3.63) is 24.3 Å². The van der Waals surface area contributed by atoms with Crippen molar-refractivity contribution in [2.45, 2.75) is 11.3 Å². The third-order valence-electron chi connectivity index (χ3n) is 1.68. The molecule has 0 heterocycles. The Kier molecular flexibility index (Phi) is 4.65. The fourth-order valence-corrected chi connectivity index (χ4v) is 1.94. The maximum atomic E-state index is 11.0. The number of hydrogen-bond acceptors (Lipinski definition) is 4. The topological polar surface area (TPSA) is 92.4 Å². The lowest BCUT2D eigenvalue weighted by Gasteiger charge is -2.02. The van der Waals surface area contributed by atoms with Gasteiger partial charge in [0.1, 0.15) is 5.75 Å². The van der Waals surface area contributed by atoms with E-state index >= 15 is 0 Å². The molecule has 0 aliphatic carbocycles. The highest BCUT2D eigenvalue weighted by molar-refractivity contribution is 7.99. The Labute approximate surface area is 97.0 Å². The van der Waals surface area contributed by atoms with Crippen LogP contribution in [0, 0.1) is 0 Å². The van der Waals surface area contributed by atoms with Gasteiger partial charge in [-0.2, -0.15) is 0 Å². The molecule has 0 aromatic heterocycles. The van der Waals surface area contributed by atoms with Crippen molar-refractivity contribution in [1.82, 2.24) is 5.32 Å². The molecule has 0 aliphatic heterocycles. The lowest BCUT2D eigenvalue weighted by molar-refractivity contribution is -0.119. The van der Waals surface area contributed by atoms with Gasteiger partial charge in [-0.05, 0) is 18.2 Å². The van der Waals surface area contributed by atoms with Gasteiger partial charge in [-0.1, -0.05) is 6.07 Å². The summed E-state index contributed by atoms with van der Waals surface area (Å²) >= 11 is 1.42. The van der Waals surface area contributed by atoms with Crippen molar-refractivity contribution < 1.29 is 14.7 Å². The summed E-state index contributed by atoms with van der Waals surface area (Å²) in [6.07, 6.45) is 0.198. The molecule has 1 aromatic carbocycles. The molecule has 0 spiro atoms. The normalized spacial score (nSPS) is 9.75. The number of rotatable bonds is 4. The number of imide groups is 1. The lowest BCUT2D eigenvalue weighted by atomic mass is 10.3. The Morgan fingerprint density at radius 3 is 2.81 bits per heavy atom. The minimum absolute atomic E-state index is 0.187. The molecule has 0 unspecified atom stereocenters. The minimum atomic E-state index is -0.840. The number of urea groups is 1. The first-order chi connectivity index (χ1) is 7.58. The first kappa shape index (κ1) is 12.4. The predicted molar refractivity (Wildman–Crippen MR) is 61.2 cm³/mol. The number of amides is 3. The molecule has 0 radical (unpaired) electrons. The molecular weight excluding hydrogens is 228 g/mol. The van der Waals surface area contributed by atoms with E-state index < -0.39 is 11.9 Å². The first-order valence-electron chi connectivity index (χ1n) is 4.59. The largest absolute Gasteiger partial charge is 0.508 e. The number of phenols is 1. The molecule has 0 bridgehead atoms. The van der Waals surface area contributed by atoms with E-state index in [0.717, 1.165) is 4.90 Å². The number of nitrogens with two attached hydrogens (primary N) is 1. The Morgan fingerprint density at radius 1 is 1.44 bits per heavy atom. The Balaban J connectivity index is 2.30. The quantitative estimate of drug-likeness (QED) is 0.686. The Bertz CT molecular complexity index is 395. The summed E-state index contributed by atoms with van der Waals surface area (Å²) in [5.74, 6) is 0.300. The van der Waals surface area contributed by atoms with Crippen LogP contribution in [0.3, 0.4) is 0 Å². The summed E-state index contributed by atoms with van der Waals surface area (Å²) in [6.45, 7) is 0. The van der Waals surface area contributed by atoms with E-state index in [9.17, 15) is 14.7 Å². The van der Waals surface area contributed by atoms with Gasteiger partial charge in [0.2, 0.25) is 5.91 Å². The first-order valence-corrected chi connectivity index (χ1v) is 5.57. The third-order valence-corrected chi connectivity index (χ3v) is 2.67. The second-order valence-electron chi connectivity index (χ2n) is 3.01. The highest BCUT2D eigenvalue weighted by Crippen LogP contribution is 2.22. The molecule has 86 valence electrons. The molecule has 0 saturated heterocycles. The van der Waals surface area contributed by atoms with Gasteiger partial charge >= 0.3 is 6.03 Å². The monoisotopic (exact) mass is 240 g/mol. The summed E-state index contributed by atoms with van der Waals surface area (Å²) in [4.78, 5) is 22.2. The zero-order valence-corrected chi connectivity index (χ0v) is 9.29. The number of carbonyl (C=O) groups excluding carboxylic acids is 2. The molecule has 4 N–H and O–H groups in total. The van der Waals surface area contributed by atoms with Crippen molar-refractivity contribution >= 4 is 23.7 Å². The van der Waals surface area contributed by atoms with Gasteiger partial charge in [-0.3, -0.25) is 10.1 Å². The average molecular weight is 240 g/mol. The molecule has 3 amide bonds. The summed E-state index contributed by atoms with van der Waals surface area (Å²) in [5.41, 5.74) is 4.79. The summed E-state index contributed by atoms with van der Waals surface area (Å²) in [6, 6.07) is 5.89. The minimum Gasteiger partial charge on any atom is -0.508 e.